The molecular weight excluding hydrogens is 397 g/mol. The second-order valence-corrected chi connectivity index (χ2v) is 7.05. The molecule has 1 atom stereocenters. The van der Waals surface area contributed by atoms with Crippen LogP contribution in [0.5, 0.6) is 0 Å². The van der Waals surface area contributed by atoms with E-state index >= 15 is 0 Å². The molecule has 5 nitrogen and oxygen atoms in total. The number of nitrogens with zero attached hydrogens (tertiary/aromatic N) is 1. The Labute approximate surface area is 173 Å². The Morgan fingerprint density at radius 2 is 1.53 bits per heavy atom. The zero-order valence-electron chi connectivity index (χ0n) is 16.4. The first-order chi connectivity index (χ1) is 14.2. The maximum absolute atomic E-state index is 12.1. The molecular formula is C22H25F3N2O3. The molecule has 1 aliphatic heterocycles. The van der Waals surface area contributed by atoms with E-state index in [-0.39, 0.29) is 5.91 Å². The van der Waals surface area contributed by atoms with Gasteiger partial charge in [-0.25, -0.2) is 4.79 Å². The Morgan fingerprint density at radius 3 is 2.07 bits per heavy atom. The Balaban J connectivity index is 0.000000396. The SMILES string of the molecule is O=C(Cc1ccccc1)NC1CCN(CCc2ccccc2)C1.O=C(O)C(F)(F)F. The third-order valence-electron chi connectivity index (χ3n) is 4.65. The van der Waals surface area contributed by atoms with E-state index < -0.39 is 12.1 Å². The molecule has 2 aromatic rings. The summed E-state index contributed by atoms with van der Waals surface area (Å²) in [5.74, 6) is -2.63. The fourth-order valence-electron chi connectivity index (χ4n) is 3.15. The average Bonchev–Trinajstić information content (AvgIpc) is 3.15. The molecule has 1 aliphatic rings. The predicted molar refractivity (Wildman–Crippen MR) is 107 cm³/mol. The van der Waals surface area contributed by atoms with Crippen LogP contribution in [-0.4, -0.2) is 53.7 Å². The van der Waals surface area contributed by atoms with Gasteiger partial charge in [0.15, 0.2) is 0 Å². The lowest BCUT2D eigenvalue weighted by molar-refractivity contribution is -0.192. The number of carbonyl (C=O) groups excluding carboxylic acids is 1. The number of amides is 1. The van der Waals surface area contributed by atoms with E-state index in [1.807, 2.05) is 30.3 Å². The Hall–Kier alpha value is -2.87. The number of carboxylic acid groups (broad SMARTS) is 1. The Morgan fingerprint density at radius 1 is 1.00 bits per heavy atom. The van der Waals surface area contributed by atoms with Crippen molar-refractivity contribution < 1.29 is 27.9 Å². The number of hydrogen-bond acceptors (Lipinski definition) is 3. The first kappa shape index (κ1) is 23.4. The maximum Gasteiger partial charge on any atom is 0.490 e. The van der Waals surface area contributed by atoms with Crippen LogP contribution >= 0.6 is 0 Å². The van der Waals surface area contributed by atoms with Crippen LogP contribution < -0.4 is 5.32 Å². The molecule has 1 heterocycles. The highest BCUT2D eigenvalue weighted by Crippen LogP contribution is 2.13. The van der Waals surface area contributed by atoms with Crippen molar-refractivity contribution in [3.8, 4) is 0 Å². The highest BCUT2D eigenvalue weighted by Gasteiger charge is 2.38. The average molecular weight is 422 g/mol. The standard InChI is InChI=1S/C20H24N2O.C2HF3O2/c23-20(15-18-9-5-2-6-10-18)21-19-12-14-22(16-19)13-11-17-7-3-1-4-8-17;3-2(4,5)1(6)7/h1-10,19H,11-16H2,(H,21,23);(H,6,7). The molecule has 30 heavy (non-hydrogen) atoms. The molecule has 1 fully saturated rings. The lowest BCUT2D eigenvalue weighted by atomic mass is 10.1. The van der Waals surface area contributed by atoms with Gasteiger partial charge in [0, 0.05) is 25.7 Å². The van der Waals surface area contributed by atoms with Crippen LogP contribution in [0.2, 0.25) is 0 Å². The van der Waals surface area contributed by atoms with Crippen molar-refractivity contribution in [3.63, 3.8) is 0 Å². The van der Waals surface area contributed by atoms with Crippen molar-refractivity contribution in [2.75, 3.05) is 19.6 Å². The molecule has 162 valence electrons. The molecule has 1 unspecified atom stereocenters. The number of carbonyl (C=O) groups is 2. The van der Waals surface area contributed by atoms with E-state index in [0.717, 1.165) is 38.0 Å². The molecule has 1 saturated heterocycles. The van der Waals surface area contributed by atoms with Gasteiger partial charge in [-0.3, -0.25) is 4.79 Å². The smallest absolute Gasteiger partial charge is 0.475 e. The molecule has 0 aromatic heterocycles. The van der Waals surface area contributed by atoms with Gasteiger partial charge in [0.05, 0.1) is 6.42 Å². The Bertz CT molecular complexity index is 798. The first-order valence-corrected chi connectivity index (χ1v) is 9.63. The van der Waals surface area contributed by atoms with E-state index in [2.05, 4.69) is 40.5 Å². The molecule has 8 heteroatoms. The summed E-state index contributed by atoms with van der Waals surface area (Å²) in [6.07, 6.45) is -2.48. The summed E-state index contributed by atoms with van der Waals surface area (Å²) in [7, 11) is 0. The number of carboxylic acids is 1. The molecule has 0 radical (unpaired) electrons. The van der Waals surface area contributed by atoms with Crippen LogP contribution in [0.15, 0.2) is 60.7 Å². The van der Waals surface area contributed by atoms with Gasteiger partial charge in [-0.2, -0.15) is 13.2 Å². The molecule has 1 amide bonds. The molecule has 0 aliphatic carbocycles. The van der Waals surface area contributed by atoms with Gasteiger partial charge >= 0.3 is 12.1 Å². The third kappa shape index (κ3) is 8.65. The zero-order valence-corrected chi connectivity index (χ0v) is 16.4. The number of rotatable bonds is 6. The van der Waals surface area contributed by atoms with Crippen LogP contribution in [0, 0.1) is 0 Å². The summed E-state index contributed by atoms with van der Waals surface area (Å²) in [5.41, 5.74) is 2.45. The molecule has 0 bridgehead atoms. The van der Waals surface area contributed by atoms with Crippen molar-refractivity contribution in [2.24, 2.45) is 0 Å². The highest BCUT2D eigenvalue weighted by molar-refractivity contribution is 5.78. The van der Waals surface area contributed by atoms with E-state index in [4.69, 9.17) is 9.90 Å². The number of benzene rings is 2. The van der Waals surface area contributed by atoms with E-state index in [1.54, 1.807) is 0 Å². The van der Waals surface area contributed by atoms with Crippen molar-refractivity contribution >= 4 is 11.9 Å². The zero-order chi connectivity index (χ0) is 22.0. The van der Waals surface area contributed by atoms with Crippen molar-refractivity contribution in [3.05, 3.63) is 71.8 Å². The molecule has 2 aromatic carbocycles. The van der Waals surface area contributed by atoms with E-state index in [9.17, 15) is 18.0 Å². The van der Waals surface area contributed by atoms with Crippen LogP contribution in [0.4, 0.5) is 13.2 Å². The summed E-state index contributed by atoms with van der Waals surface area (Å²) in [5, 5.41) is 10.3. The van der Waals surface area contributed by atoms with E-state index in [1.165, 1.54) is 5.56 Å². The van der Waals surface area contributed by atoms with Crippen molar-refractivity contribution in [1.82, 2.24) is 10.2 Å². The van der Waals surface area contributed by atoms with Crippen molar-refractivity contribution in [2.45, 2.75) is 31.5 Å². The van der Waals surface area contributed by atoms with Crippen LogP contribution in [0.25, 0.3) is 0 Å². The van der Waals surface area contributed by atoms with Gasteiger partial charge in [-0.1, -0.05) is 60.7 Å². The lowest BCUT2D eigenvalue weighted by Gasteiger charge is -2.16. The van der Waals surface area contributed by atoms with Gasteiger partial charge in [-0.15, -0.1) is 0 Å². The van der Waals surface area contributed by atoms with Gasteiger partial charge < -0.3 is 15.3 Å². The summed E-state index contributed by atoms with van der Waals surface area (Å²) < 4.78 is 31.7. The number of alkyl halides is 3. The predicted octanol–water partition coefficient (Wildman–Crippen LogP) is 3.30. The monoisotopic (exact) mass is 422 g/mol. The molecule has 2 N–H and O–H groups in total. The van der Waals surface area contributed by atoms with Crippen LogP contribution in [0.3, 0.4) is 0 Å². The topological polar surface area (TPSA) is 69.6 Å². The fraction of sp³-hybridized carbons (Fsp3) is 0.364. The molecule has 0 spiro atoms. The third-order valence-corrected chi connectivity index (χ3v) is 4.65. The lowest BCUT2D eigenvalue weighted by Crippen LogP contribution is -2.38. The van der Waals surface area contributed by atoms with Crippen LogP contribution in [0.1, 0.15) is 17.5 Å². The normalized spacial score (nSPS) is 16.4. The van der Waals surface area contributed by atoms with Gasteiger partial charge in [0.2, 0.25) is 5.91 Å². The molecule has 0 saturated carbocycles. The second-order valence-electron chi connectivity index (χ2n) is 7.05. The largest absolute Gasteiger partial charge is 0.490 e. The first-order valence-electron chi connectivity index (χ1n) is 9.63. The summed E-state index contributed by atoms with van der Waals surface area (Å²) >= 11 is 0. The maximum atomic E-state index is 12.1. The number of likely N-dealkylation sites (tertiary alicyclic amines) is 1. The fourth-order valence-corrected chi connectivity index (χ4v) is 3.15. The second kappa shape index (κ2) is 11.3. The number of halogens is 3. The van der Waals surface area contributed by atoms with Gasteiger partial charge in [0.1, 0.15) is 0 Å². The minimum absolute atomic E-state index is 0.131. The summed E-state index contributed by atoms with van der Waals surface area (Å²) in [6, 6.07) is 20.8. The van der Waals surface area contributed by atoms with Gasteiger partial charge in [0.25, 0.3) is 0 Å². The quantitative estimate of drug-likeness (QED) is 0.750. The minimum Gasteiger partial charge on any atom is -0.475 e. The Kier molecular flexibility index (Phi) is 8.86. The number of aliphatic carboxylic acids is 1. The van der Waals surface area contributed by atoms with E-state index in [0.29, 0.717) is 12.5 Å². The van der Waals surface area contributed by atoms with Crippen LogP contribution in [-0.2, 0) is 22.4 Å². The summed E-state index contributed by atoms with van der Waals surface area (Å²) in [6.45, 7) is 3.10. The highest BCUT2D eigenvalue weighted by atomic mass is 19.4. The van der Waals surface area contributed by atoms with Crippen molar-refractivity contribution in [1.29, 1.82) is 0 Å². The number of hydrogen-bond donors (Lipinski definition) is 2. The summed E-state index contributed by atoms with van der Waals surface area (Å²) in [4.78, 5) is 23.5. The van der Waals surface area contributed by atoms with Gasteiger partial charge in [-0.05, 0) is 24.0 Å². The number of nitrogens with one attached hydrogen (secondary N) is 1. The minimum atomic E-state index is -5.08. The molecule has 3 rings (SSSR count).